The maximum atomic E-state index is 12.7. The normalized spacial score (nSPS) is 25.1. The van der Waals surface area contributed by atoms with Crippen molar-refractivity contribution in [2.24, 2.45) is 5.92 Å². The number of carbonyl (C=O) groups is 1. The number of hydrogen-bond acceptors (Lipinski definition) is 5. The summed E-state index contributed by atoms with van der Waals surface area (Å²) in [7, 11) is 0. The number of benzene rings is 1. The Bertz CT molecular complexity index is 851. The highest BCUT2D eigenvalue weighted by molar-refractivity contribution is 9.10. The standard InChI is InChI=1S/C24H32BrN3O4/c1-16-19(8-9-21-23(16)32-13-12-31-21)22(29)20(15-28-10-2-3-11-28)27-24(30)26-14-17-4-6-18(25)7-5-17/h4-9,16,20,22-23,29H,2-3,10-15H2,1H3,(H2,26,27,30)/t16?,20-,22-,23?/m1/s1. The van der Waals surface area contributed by atoms with E-state index in [4.69, 9.17) is 9.47 Å². The topological polar surface area (TPSA) is 83.1 Å². The number of aliphatic hydroxyl groups is 1. The number of urea groups is 1. The number of halogens is 1. The molecule has 0 aromatic heterocycles. The molecule has 2 aliphatic heterocycles. The lowest BCUT2D eigenvalue weighted by molar-refractivity contribution is -0.0630. The molecule has 0 saturated carbocycles. The van der Waals surface area contributed by atoms with Crippen molar-refractivity contribution in [2.75, 3.05) is 32.8 Å². The lowest BCUT2D eigenvalue weighted by Gasteiger charge is -2.38. The summed E-state index contributed by atoms with van der Waals surface area (Å²) >= 11 is 3.42. The number of hydrogen-bond donors (Lipinski definition) is 3. The summed E-state index contributed by atoms with van der Waals surface area (Å²) < 4.78 is 12.6. The number of likely N-dealkylation sites (tertiary alicyclic amines) is 1. The minimum absolute atomic E-state index is 0.0287. The van der Waals surface area contributed by atoms with E-state index in [1.165, 1.54) is 0 Å². The zero-order valence-electron chi connectivity index (χ0n) is 18.4. The molecule has 2 amide bonds. The lowest BCUT2D eigenvalue weighted by atomic mass is 9.83. The Balaban J connectivity index is 1.43. The van der Waals surface area contributed by atoms with Crippen LogP contribution < -0.4 is 10.6 Å². The number of carbonyl (C=O) groups excluding carboxylic acids is 1. The molecule has 2 fully saturated rings. The first-order valence-electron chi connectivity index (χ1n) is 11.4. The molecule has 2 unspecified atom stereocenters. The molecule has 1 aliphatic carbocycles. The molecule has 0 bridgehead atoms. The van der Waals surface area contributed by atoms with E-state index >= 15 is 0 Å². The van der Waals surface area contributed by atoms with Crippen LogP contribution in [0, 0.1) is 5.92 Å². The number of nitrogens with one attached hydrogen (secondary N) is 2. The molecule has 0 spiro atoms. The van der Waals surface area contributed by atoms with Gasteiger partial charge in [-0.15, -0.1) is 0 Å². The van der Waals surface area contributed by atoms with Gasteiger partial charge in [-0.05, 0) is 55.3 Å². The second-order valence-electron chi connectivity index (χ2n) is 8.68. The van der Waals surface area contributed by atoms with Crippen molar-refractivity contribution in [3.63, 3.8) is 0 Å². The second kappa shape index (κ2) is 10.8. The predicted molar refractivity (Wildman–Crippen MR) is 126 cm³/mol. The highest BCUT2D eigenvalue weighted by Gasteiger charge is 2.37. The molecule has 0 radical (unpaired) electrons. The quantitative estimate of drug-likeness (QED) is 0.530. The Morgan fingerprint density at radius 2 is 1.97 bits per heavy atom. The van der Waals surface area contributed by atoms with Crippen molar-refractivity contribution in [3.05, 3.63) is 57.8 Å². The molecule has 7 nitrogen and oxygen atoms in total. The molecule has 3 N–H and O–H groups in total. The number of rotatable bonds is 7. The number of ether oxygens (including phenoxy) is 2. The third kappa shape index (κ3) is 5.73. The van der Waals surface area contributed by atoms with Gasteiger partial charge in [0.2, 0.25) is 0 Å². The van der Waals surface area contributed by atoms with Crippen LogP contribution in [0.2, 0.25) is 0 Å². The largest absolute Gasteiger partial charge is 0.493 e. The van der Waals surface area contributed by atoms with Crippen LogP contribution in [-0.2, 0) is 16.0 Å². The molecule has 4 atom stereocenters. The number of fused-ring (bicyclic) bond motifs is 1. The van der Waals surface area contributed by atoms with Crippen LogP contribution in [-0.4, -0.2) is 67.1 Å². The molecule has 3 aliphatic rings. The second-order valence-corrected chi connectivity index (χ2v) is 9.59. The molecule has 2 saturated heterocycles. The van der Waals surface area contributed by atoms with Gasteiger partial charge in [-0.3, -0.25) is 0 Å². The van der Waals surface area contributed by atoms with Crippen molar-refractivity contribution in [3.8, 4) is 0 Å². The van der Waals surface area contributed by atoms with Gasteiger partial charge in [0.05, 0.1) is 18.8 Å². The van der Waals surface area contributed by atoms with E-state index in [9.17, 15) is 9.90 Å². The highest BCUT2D eigenvalue weighted by Crippen LogP contribution is 2.33. The van der Waals surface area contributed by atoms with Crippen LogP contribution in [0.25, 0.3) is 0 Å². The van der Waals surface area contributed by atoms with E-state index in [-0.39, 0.29) is 18.1 Å². The van der Waals surface area contributed by atoms with Crippen molar-refractivity contribution < 1.29 is 19.4 Å². The highest BCUT2D eigenvalue weighted by atomic mass is 79.9. The van der Waals surface area contributed by atoms with Crippen LogP contribution in [0.15, 0.2) is 52.2 Å². The molecule has 1 aromatic carbocycles. The Kier molecular flexibility index (Phi) is 7.88. The van der Waals surface area contributed by atoms with Crippen LogP contribution in [0.1, 0.15) is 25.3 Å². The average Bonchev–Trinajstić information content (AvgIpc) is 3.31. The summed E-state index contributed by atoms with van der Waals surface area (Å²) in [5.41, 5.74) is 1.87. The Labute approximate surface area is 198 Å². The van der Waals surface area contributed by atoms with E-state index < -0.39 is 12.1 Å². The van der Waals surface area contributed by atoms with Crippen LogP contribution in [0.5, 0.6) is 0 Å². The van der Waals surface area contributed by atoms with E-state index in [0.717, 1.165) is 47.3 Å². The van der Waals surface area contributed by atoms with Gasteiger partial charge >= 0.3 is 6.03 Å². The molecule has 32 heavy (non-hydrogen) atoms. The SMILES string of the molecule is CC1C([C@@H](O)[C@@H](CN2CCCC2)NC(=O)NCc2ccc(Br)cc2)=CC=C2OCCOC21. The monoisotopic (exact) mass is 505 g/mol. The van der Waals surface area contributed by atoms with Crippen molar-refractivity contribution in [1.29, 1.82) is 0 Å². The summed E-state index contributed by atoms with van der Waals surface area (Å²) in [6.07, 6.45) is 5.12. The molecule has 1 aromatic rings. The predicted octanol–water partition coefficient (Wildman–Crippen LogP) is 2.95. The van der Waals surface area contributed by atoms with Gasteiger partial charge in [-0.1, -0.05) is 41.1 Å². The van der Waals surface area contributed by atoms with Crippen LogP contribution in [0.4, 0.5) is 4.79 Å². The summed E-state index contributed by atoms with van der Waals surface area (Å²) in [5, 5.41) is 17.3. The van der Waals surface area contributed by atoms with Gasteiger partial charge in [0, 0.05) is 23.5 Å². The van der Waals surface area contributed by atoms with E-state index in [1.807, 2.05) is 43.3 Å². The first-order chi connectivity index (χ1) is 15.5. The number of amides is 2. The number of allylic oxidation sites excluding steroid dienone is 2. The van der Waals surface area contributed by atoms with E-state index in [0.29, 0.717) is 26.3 Å². The molecule has 4 rings (SSSR count). The zero-order valence-corrected chi connectivity index (χ0v) is 20.0. The summed E-state index contributed by atoms with van der Waals surface area (Å²) in [4.78, 5) is 15.0. The fourth-order valence-corrected chi connectivity index (χ4v) is 4.87. The minimum atomic E-state index is -0.813. The Morgan fingerprint density at radius 3 is 2.72 bits per heavy atom. The first-order valence-corrected chi connectivity index (χ1v) is 12.2. The van der Waals surface area contributed by atoms with Gasteiger partial charge in [0.15, 0.2) is 0 Å². The summed E-state index contributed by atoms with van der Waals surface area (Å²) in [6.45, 7) is 6.15. The van der Waals surface area contributed by atoms with Gasteiger partial charge < -0.3 is 30.1 Å². The average molecular weight is 506 g/mol. The van der Waals surface area contributed by atoms with E-state index in [1.54, 1.807) is 0 Å². The fraction of sp³-hybridized carbons (Fsp3) is 0.542. The van der Waals surface area contributed by atoms with Crippen molar-refractivity contribution in [1.82, 2.24) is 15.5 Å². The molecular weight excluding hydrogens is 474 g/mol. The Hall–Kier alpha value is -1.87. The van der Waals surface area contributed by atoms with Crippen LogP contribution in [0.3, 0.4) is 0 Å². The van der Waals surface area contributed by atoms with Gasteiger partial charge in [0.25, 0.3) is 0 Å². The first kappa shape index (κ1) is 23.3. The smallest absolute Gasteiger partial charge is 0.315 e. The van der Waals surface area contributed by atoms with E-state index in [2.05, 4.69) is 31.5 Å². The third-order valence-electron chi connectivity index (χ3n) is 6.41. The van der Waals surface area contributed by atoms with Gasteiger partial charge in [-0.25, -0.2) is 4.79 Å². The molecule has 8 heteroatoms. The number of nitrogens with zero attached hydrogens (tertiary/aromatic N) is 1. The molecule has 2 heterocycles. The molecular formula is C24H32BrN3O4. The van der Waals surface area contributed by atoms with Crippen molar-refractivity contribution in [2.45, 2.75) is 44.6 Å². The van der Waals surface area contributed by atoms with Crippen molar-refractivity contribution >= 4 is 22.0 Å². The molecule has 174 valence electrons. The zero-order chi connectivity index (χ0) is 22.5. The van der Waals surface area contributed by atoms with Gasteiger partial charge in [-0.2, -0.15) is 0 Å². The third-order valence-corrected chi connectivity index (χ3v) is 6.94. The lowest BCUT2D eigenvalue weighted by Crippen LogP contribution is -2.54. The Morgan fingerprint density at radius 1 is 1.22 bits per heavy atom. The minimum Gasteiger partial charge on any atom is -0.493 e. The number of aliphatic hydroxyl groups excluding tert-OH is 1. The maximum Gasteiger partial charge on any atom is 0.315 e. The maximum absolute atomic E-state index is 12.7. The van der Waals surface area contributed by atoms with Crippen LogP contribution >= 0.6 is 15.9 Å². The summed E-state index contributed by atoms with van der Waals surface area (Å²) in [5.74, 6) is 0.787. The van der Waals surface area contributed by atoms with Gasteiger partial charge in [0.1, 0.15) is 18.5 Å². The summed E-state index contributed by atoms with van der Waals surface area (Å²) in [6, 6.07) is 7.12. The fourth-order valence-electron chi connectivity index (χ4n) is 4.61.